The van der Waals surface area contributed by atoms with Crippen LogP contribution in [0.3, 0.4) is 0 Å². The smallest absolute Gasteiger partial charge is 0.323 e. The number of nitrogens with zero attached hydrogens (tertiary/aromatic N) is 1. The molecule has 1 aliphatic heterocycles. The van der Waals surface area contributed by atoms with Gasteiger partial charge in [0.2, 0.25) is 0 Å². The van der Waals surface area contributed by atoms with Crippen LogP contribution in [0, 0.1) is 0 Å². The Hall–Kier alpha value is -2.05. The van der Waals surface area contributed by atoms with Gasteiger partial charge in [0, 0.05) is 18.8 Å². The van der Waals surface area contributed by atoms with Crippen molar-refractivity contribution in [3.05, 3.63) is 22.4 Å². The van der Waals surface area contributed by atoms with Gasteiger partial charge in [0.1, 0.15) is 5.69 Å². The minimum absolute atomic E-state index is 0.160. The summed E-state index contributed by atoms with van der Waals surface area (Å²) < 4.78 is 4.65. The molecular weight excluding hydrogens is 250 g/mol. The Labute approximate surface area is 109 Å². The first-order chi connectivity index (χ1) is 9.11. The van der Waals surface area contributed by atoms with Gasteiger partial charge < -0.3 is 19.6 Å². The Morgan fingerprint density at radius 1 is 1.47 bits per heavy atom. The van der Waals surface area contributed by atoms with Gasteiger partial charge in [-0.1, -0.05) is 0 Å². The number of amides is 1. The lowest BCUT2D eigenvalue weighted by Gasteiger charge is -2.34. The van der Waals surface area contributed by atoms with Crippen molar-refractivity contribution in [3.8, 4) is 0 Å². The van der Waals surface area contributed by atoms with Gasteiger partial charge in [-0.2, -0.15) is 0 Å². The number of methoxy groups -OCH3 is 1. The molecule has 0 aliphatic carbocycles. The molecule has 0 saturated carbocycles. The summed E-state index contributed by atoms with van der Waals surface area (Å²) in [6.07, 6.45) is 4.20. The van der Waals surface area contributed by atoms with E-state index >= 15 is 0 Å². The molecule has 0 aromatic carbocycles. The maximum absolute atomic E-state index is 12.3. The number of nitrogens with one attached hydrogen (secondary N) is 2. The number of aromatic nitrogens is 2. The van der Waals surface area contributed by atoms with Crippen LogP contribution in [-0.2, 0) is 9.53 Å². The maximum Gasteiger partial charge on any atom is 0.323 e. The van der Waals surface area contributed by atoms with Crippen LogP contribution in [0.15, 0.2) is 11.0 Å². The molecule has 7 nitrogen and oxygen atoms in total. The molecular formula is C12H17N3O4. The number of carbonyl (C=O) groups excluding carboxylic acids is 2. The molecule has 1 unspecified atom stereocenters. The third-order valence-electron chi connectivity index (χ3n) is 3.34. The Kier molecular flexibility index (Phi) is 4.03. The molecule has 104 valence electrons. The molecule has 1 aromatic rings. The van der Waals surface area contributed by atoms with Crippen LogP contribution in [0.1, 0.15) is 36.2 Å². The van der Waals surface area contributed by atoms with E-state index in [-0.39, 0.29) is 30.0 Å². The highest BCUT2D eigenvalue weighted by atomic mass is 16.5. The zero-order chi connectivity index (χ0) is 13.8. The molecule has 19 heavy (non-hydrogen) atoms. The monoisotopic (exact) mass is 267 g/mol. The van der Waals surface area contributed by atoms with Crippen molar-refractivity contribution < 1.29 is 14.3 Å². The van der Waals surface area contributed by atoms with Gasteiger partial charge in [0.05, 0.1) is 13.5 Å². The van der Waals surface area contributed by atoms with Gasteiger partial charge in [0.15, 0.2) is 0 Å². The minimum Gasteiger partial charge on any atom is -0.469 e. The number of piperidine rings is 1. The summed E-state index contributed by atoms with van der Waals surface area (Å²) in [6.45, 7) is 0.591. The highest BCUT2D eigenvalue weighted by Gasteiger charge is 2.30. The predicted molar refractivity (Wildman–Crippen MR) is 66.7 cm³/mol. The van der Waals surface area contributed by atoms with Gasteiger partial charge in [-0.25, -0.2) is 4.79 Å². The minimum atomic E-state index is -0.412. The SMILES string of the molecule is COC(=O)CC1CCCCN1C(=O)c1c[nH]c(=O)[nH]1. The Balaban J connectivity index is 2.12. The molecule has 1 aromatic heterocycles. The largest absolute Gasteiger partial charge is 0.469 e. The zero-order valence-corrected chi connectivity index (χ0v) is 10.8. The molecule has 0 bridgehead atoms. The van der Waals surface area contributed by atoms with Crippen LogP contribution in [0.5, 0.6) is 0 Å². The van der Waals surface area contributed by atoms with Gasteiger partial charge >= 0.3 is 11.7 Å². The number of carbonyl (C=O) groups is 2. The normalized spacial score (nSPS) is 19.2. The van der Waals surface area contributed by atoms with Crippen molar-refractivity contribution in [1.29, 1.82) is 0 Å². The van der Waals surface area contributed by atoms with E-state index in [0.717, 1.165) is 19.3 Å². The number of likely N-dealkylation sites (tertiary alicyclic amines) is 1. The quantitative estimate of drug-likeness (QED) is 0.768. The van der Waals surface area contributed by atoms with Crippen LogP contribution < -0.4 is 5.69 Å². The molecule has 0 radical (unpaired) electrons. The number of aromatic amines is 2. The van der Waals surface area contributed by atoms with E-state index in [1.165, 1.54) is 13.3 Å². The van der Waals surface area contributed by atoms with Gasteiger partial charge in [-0.15, -0.1) is 0 Å². The Morgan fingerprint density at radius 2 is 2.26 bits per heavy atom. The molecule has 2 rings (SSSR count). The number of rotatable bonds is 3. The summed E-state index contributed by atoms with van der Waals surface area (Å²) in [5, 5.41) is 0. The Bertz CT molecular complexity index is 519. The topological polar surface area (TPSA) is 95.3 Å². The summed E-state index contributed by atoms with van der Waals surface area (Å²) in [6, 6.07) is -0.160. The number of imidazole rings is 1. The van der Waals surface area contributed by atoms with E-state index in [9.17, 15) is 14.4 Å². The summed E-state index contributed by atoms with van der Waals surface area (Å²) >= 11 is 0. The summed E-state index contributed by atoms with van der Waals surface area (Å²) in [5.41, 5.74) is -0.188. The summed E-state index contributed by atoms with van der Waals surface area (Å²) in [7, 11) is 1.33. The van der Waals surface area contributed by atoms with Crippen LogP contribution in [0.25, 0.3) is 0 Å². The lowest BCUT2D eigenvalue weighted by molar-refractivity contribution is -0.142. The number of esters is 1. The third-order valence-corrected chi connectivity index (χ3v) is 3.34. The standard InChI is InChI=1S/C12H17N3O4/c1-19-10(16)6-8-4-2-3-5-15(8)11(17)9-7-13-12(18)14-9/h7-8H,2-6H2,1H3,(H2,13,14,18). The molecule has 1 atom stereocenters. The second-order valence-electron chi connectivity index (χ2n) is 4.58. The van der Waals surface area contributed by atoms with E-state index < -0.39 is 5.69 Å². The Morgan fingerprint density at radius 3 is 2.89 bits per heavy atom. The number of hydrogen-bond donors (Lipinski definition) is 2. The first-order valence-corrected chi connectivity index (χ1v) is 6.27. The number of H-pyrrole nitrogens is 2. The lowest BCUT2D eigenvalue weighted by atomic mass is 9.99. The van der Waals surface area contributed by atoms with Crippen molar-refractivity contribution in [2.45, 2.75) is 31.7 Å². The zero-order valence-electron chi connectivity index (χ0n) is 10.8. The average Bonchev–Trinajstić information content (AvgIpc) is 2.85. The van der Waals surface area contributed by atoms with E-state index in [1.54, 1.807) is 4.90 Å². The molecule has 2 N–H and O–H groups in total. The first-order valence-electron chi connectivity index (χ1n) is 6.27. The third kappa shape index (κ3) is 3.04. The fourth-order valence-corrected chi connectivity index (χ4v) is 2.36. The van der Waals surface area contributed by atoms with Gasteiger partial charge in [-0.05, 0) is 19.3 Å². The number of ether oxygens (including phenoxy) is 1. The summed E-state index contributed by atoms with van der Waals surface area (Å²) in [4.78, 5) is 41.2. The number of hydrogen-bond acceptors (Lipinski definition) is 4. The van der Waals surface area contributed by atoms with Crippen LogP contribution in [-0.4, -0.2) is 46.4 Å². The lowest BCUT2D eigenvalue weighted by Crippen LogP contribution is -2.45. The fraction of sp³-hybridized carbons (Fsp3) is 0.583. The van der Waals surface area contributed by atoms with E-state index in [4.69, 9.17) is 0 Å². The summed E-state index contributed by atoms with van der Waals surface area (Å²) in [5.74, 6) is -0.584. The second kappa shape index (κ2) is 5.73. The van der Waals surface area contributed by atoms with Crippen molar-refractivity contribution in [1.82, 2.24) is 14.9 Å². The molecule has 1 saturated heterocycles. The molecule has 1 amide bonds. The van der Waals surface area contributed by atoms with E-state index in [1.807, 2.05) is 0 Å². The van der Waals surface area contributed by atoms with Crippen molar-refractivity contribution in [3.63, 3.8) is 0 Å². The molecule has 0 spiro atoms. The van der Waals surface area contributed by atoms with E-state index in [0.29, 0.717) is 6.54 Å². The maximum atomic E-state index is 12.3. The highest BCUT2D eigenvalue weighted by Crippen LogP contribution is 2.21. The van der Waals surface area contributed by atoms with Crippen molar-refractivity contribution in [2.75, 3.05) is 13.7 Å². The van der Waals surface area contributed by atoms with Crippen LogP contribution in [0.2, 0.25) is 0 Å². The average molecular weight is 267 g/mol. The van der Waals surface area contributed by atoms with Gasteiger partial charge in [-0.3, -0.25) is 9.59 Å². The highest BCUT2D eigenvalue weighted by molar-refractivity contribution is 5.92. The molecule has 7 heteroatoms. The first kappa shape index (κ1) is 13.4. The fourth-order valence-electron chi connectivity index (χ4n) is 2.36. The second-order valence-corrected chi connectivity index (χ2v) is 4.58. The van der Waals surface area contributed by atoms with Crippen LogP contribution in [0.4, 0.5) is 0 Å². The van der Waals surface area contributed by atoms with E-state index in [2.05, 4.69) is 14.7 Å². The predicted octanol–water partition coefficient (Wildman–Crippen LogP) is 0.261. The molecule has 2 heterocycles. The molecule has 1 fully saturated rings. The van der Waals surface area contributed by atoms with Crippen molar-refractivity contribution in [2.24, 2.45) is 0 Å². The molecule has 1 aliphatic rings. The van der Waals surface area contributed by atoms with Gasteiger partial charge in [0.25, 0.3) is 5.91 Å². The van der Waals surface area contributed by atoms with Crippen molar-refractivity contribution >= 4 is 11.9 Å². The van der Waals surface area contributed by atoms with Crippen LogP contribution >= 0.6 is 0 Å².